The number of carboxylic acids is 1. The monoisotopic (exact) mass is 228 g/mol. The summed E-state index contributed by atoms with van der Waals surface area (Å²) in [5.74, 6) is -3.29. The highest BCUT2D eigenvalue weighted by molar-refractivity contribution is 5.69. The molecule has 1 aromatic rings. The van der Waals surface area contributed by atoms with Gasteiger partial charge in [0.2, 0.25) is 0 Å². The zero-order valence-corrected chi connectivity index (χ0v) is 9.21. The number of carboxylic acid groups (broad SMARTS) is 1. The largest absolute Gasteiger partial charge is 0.481 e. The Kier molecular flexibility index (Phi) is 3.99. The van der Waals surface area contributed by atoms with Gasteiger partial charge in [0.25, 0.3) is 0 Å². The normalized spacial score (nSPS) is 14.5. The highest BCUT2D eigenvalue weighted by Gasteiger charge is 2.19. The van der Waals surface area contributed by atoms with Crippen molar-refractivity contribution < 1.29 is 18.7 Å². The van der Waals surface area contributed by atoms with E-state index in [1.54, 1.807) is 13.8 Å². The predicted octanol–water partition coefficient (Wildman–Crippen LogP) is 2.86. The second-order valence-electron chi connectivity index (χ2n) is 4.06. The molecule has 0 aliphatic carbocycles. The second-order valence-corrected chi connectivity index (χ2v) is 4.06. The molecule has 0 amide bonds. The molecule has 0 radical (unpaired) electrons. The highest BCUT2D eigenvalue weighted by atomic mass is 19.2. The lowest BCUT2D eigenvalue weighted by Gasteiger charge is -2.15. The molecule has 4 heteroatoms. The highest BCUT2D eigenvalue weighted by Crippen LogP contribution is 2.18. The number of aliphatic carboxylic acids is 1. The number of rotatable bonds is 4. The molecule has 1 aromatic carbocycles. The van der Waals surface area contributed by atoms with Gasteiger partial charge in [-0.05, 0) is 30.0 Å². The summed E-state index contributed by atoms with van der Waals surface area (Å²) in [4.78, 5) is 10.7. The first-order valence-electron chi connectivity index (χ1n) is 5.08. The van der Waals surface area contributed by atoms with Crippen molar-refractivity contribution in [3.8, 4) is 0 Å². The molecule has 2 atom stereocenters. The molecular weight excluding hydrogens is 214 g/mol. The van der Waals surface area contributed by atoms with E-state index in [1.165, 1.54) is 6.07 Å². The Balaban J connectivity index is 2.73. The third-order valence-corrected chi connectivity index (χ3v) is 2.78. The molecule has 0 heterocycles. The zero-order chi connectivity index (χ0) is 12.3. The van der Waals surface area contributed by atoms with Gasteiger partial charge in [-0.1, -0.05) is 19.9 Å². The first kappa shape index (κ1) is 12.6. The van der Waals surface area contributed by atoms with Crippen LogP contribution in [0.15, 0.2) is 18.2 Å². The molecular formula is C12H14F2O2. The van der Waals surface area contributed by atoms with Gasteiger partial charge in [-0.3, -0.25) is 4.79 Å². The number of halogens is 2. The summed E-state index contributed by atoms with van der Waals surface area (Å²) < 4.78 is 25.6. The predicted molar refractivity (Wildman–Crippen MR) is 56.0 cm³/mol. The Bertz CT molecular complexity index is 391. The minimum atomic E-state index is -0.896. The van der Waals surface area contributed by atoms with Gasteiger partial charge >= 0.3 is 5.97 Å². The van der Waals surface area contributed by atoms with Gasteiger partial charge in [0.15, 0.2) is 11.6 Å². The zero-order valence-electron chi connectivity index (χ0n) is 9.21. The van der Waals surface area contributed by atoms with Crippen molar-refractivity contribution in [1.29, 1.82) is 0 Å². The summed E-state index contributed by atoms with van der Waals surface area (Å²) in [6.07, 6.45) is 0.421. The molecule has 88 valence electrons. The molecule has 0 bridgehead atoms. The maximum Gasteiger partial charge on any atom is 0.306 e. The van der Waals surface area contributed by atoms with Gasteiger partial charge in [-0.25, -0.2) is 8.78 Å². The molecule has 0 aromatic heterocycles. The molecule has 1 N–H and O–H groups in total. The fraction of sp³-hybridized carbons (Fsp3) is 0.417. The lowest BCUT2D eigenvalue weighted by Crippen LogP contribution is -2.20. The molecule has 0 aliphatic rings. The lowest BCUT2D eigenvalue weighted by molar-refractivity contribution is -0.142. The van der Waals surface area contributed by atoms with Crippen molar-refractivity contribution in [1.82, 2.24) is 0 Å². The van der Waals surface area contributed by atoms with Crippen LogP contribution in [0.3, 0.4) is 0 Å². The molecule has 0 spiro atoms. The molecule has 1 rings (SSSR count). The van der Waals surface area contributed by atoms with Crippen LogP contribution in [-0.4, -0.2) is 11.1 Å². The van der Waals surface area contributed by atoms with Gasteiger partial charge in [-0.2, -0.15) is 0 Å². The fourth-order valence-electron chi connectivity index (χ4n) is 1.46. The van der Waals surface area contributed by atoms with E-state index >= 15 is 0 Å². The van der Waals surface area contributed by atoms with E-state index in [-0.39, 0.29) is 5.92 Å². The summed E-state index contributed by atoms with van der Waals surface area (Å²) in [6.45, 7) is 3.38. The van der Waals surface area contributed by atoms with Crippen LogP contribution in [0.1, 0.15) is 19.4 Å². The molecule has 2 nitrogen and oxygen atoms in total. The van der Waals surface area contributed by atoms with Gasteiger partial charge < -0.3 is 5.11 Å². The smallest absolute Gasteiger partial charge is 0.306 e. The number of hydrogen-bond acceptors (Lipinski definition) is 1. The quantitative estimate of drug-likeness (QED) is 0.860. The Hall–Kier alpha value is -1.45. The lowest BCUT2D eigenvalue weighted by atomic mass is 9.90. The van der Waals surface area contributed by atoms with Gasteiger partial charge in [0.1, 0.15) is 0 Å². The number of hydrogen-bond donors (Lipinski definition) is 1. The van der Waals surface area contributed by atoms with E-state index < -0.39 is 23.5 Å². The summed E-state index contributed by atoms with van der Waals surface area (Å²) in [6, 6.07) is 3.65. The van der Waals surface area contributed by atoms with Crippen molar-refractivity contribution in [2.75, 3.05) is 0 Å². The van der Waals surface area contributed by atoms with Crippen LogP contribution < -0.4 is 0 Å². The van der Waals surface area contributed by atoms with E-state index in [0.717, 1.165) is 12.1 Å². The Morgan fingerprint density at radius 2 is 1.94 bits per heavy atom. The summed E-state index contributed by atoms with van der Waals surface area (Å²) in [7, 11) is 0. The Morgan fingerprint density at radius 3 is 2.44 bits per heavy atom. The summed E-state index contributed by atoms with van der Waals surface area (Å²) in [5, 5.41) is 8.80. The Morgan fingerprint density at radius 1 is 1.31 bits per heavy atom. The van der Waals surface area contributed by atoms with Crippen molar-refractivity contribution in [3.63, 3.8) is 0 Å². The van der Waals surface area contributed by atoms with Crippen molar-refractivity contribution >= 4 is 5.97 Å². The minimum Gasteiger partial charge on any atom is -0.481 e. The standard InChI is InChI=1S/C12H14F2O2/c1-7(8(2)12(15)16)5-9-3-4-10(13)11(14)6-9/h3-4,6-8H,5H2,1-2H3,(H,15,16). The van der Waals surface area contributed by atoms with Crippen molar-refractivity contribution in [2.45, 2.75) is 20.3 Å². The third-order valence-electron chi connectivity index (χ3n) is 2.78. The maximum absolute atomic E-state index is 12.9. The summed E-state index contributed by atoms with van der Waals surface area (Å²) >= 11 is 0. The molecule has 0 aliphatic heterocycles. The molecule has 0 saturated carbocycles. The van der Waals surface area contributed by atoms with Crippen LogP contribution in [0.4, 0.5) is 8.78 Å². The molecule has 16 heavy (non-hydrogen) atoms. The summed E-state index contributed by atoms with van der Waals surface area (Å²) in [5.41, 5.74) is 0.611. The first-order valence-corrected chi connectivity index (χ1v) is 5.08. The third kappa shape index (κ3) is 3.02. The van der Waals surface area contributed by atoms with Crippen LogP contribution in [0.5, 0.6) is 0 Å². The molecule has 0 fully saturated rings. The average molecular weight is 228 g/mol. The average Bonchev–Trinajstić information content (AvgIpc) is 2.22. The van der Waals surface area contributed by atoms with E-state index in [9.17, 15) is 13.6 Å². The van der Waals surface area contributed by atoms with Crippen molar-refractivity contribution in [3.05, 3.63) is 35.4 Å². The number of carbonyl (C=O) groups is 1. The minimum absolute atomic E-state index is 0.123. The number of benzene rings is 1. The maximum atomic E-state index is 12.9. The van der Waals surface area contributed by atoms with Crippen molar-refractivity contribution in [2.24, 2.45) is 11.8 Å². The Labute approximate surface area is 92.9 Å². The molecule has 0 saturated heterocycles. The topological polar surface area (TPSA) is 37.3 Å². The second kappa shape index (κ2) is 5.05. The first-order chi connectivity index (χ1) is 7.41. The van der Waals surface area contributed by atoms with E-state index in [1.807, 2.05) is 0 Å². The van der Waals surface area contributed by atoms with Crippen LogP contribution in [0, 0.1) is 23.5 Å². The van der Waals surface area contributed by atoms with Crippen LogP contribution in [-0.2, 0) is 11.2 Å². The fourth-order valence-corrected chi connectivity index (χ4v) is 1.46. The van der Waals surface area contributed by atoms with Crippen LogP contribution >= 0.6 is 0 Å². The van der Waals surface area contributed by atoms with Gasteiger partial charge in [-0.15, -0.1) is 0 Å². The van der Waals surface area contributed by atoms with Crippen LogP contribution in [0.2, 0.25) is 0 Å². The van der Waals surface area contributed by atoms with Crippen LogP contribution in [0.25, 0.3) is 0 Å². The van der Waals surface area contributed by atoms with E-state index in [4.69, 9.17) is 5.11 Å². The van der Waals surface area contributed by atoms with E-state index in [0.29, 0.717) is 12.0 Å². The SMILES string of the molecule is CC(Cc1ccc(F)c(F)c1)C(C)C(=O)O. The van der Waals surface area contributed by atoms with Gasteiger partial charge in [0.05, 0.1) is 5.92 Å². The van der Waals surface area contributed by atoms with E-state index in [2.05, 4.69) is 0 Å². The molecule has 2 unspecified atom stereocenters. The van der Waals surface area contributed by atoms with Gasteiger partial charge in [0, 0.05) is 0 Å².